The third-order valence-corrected chi connectivity index (χ3v) is 4.65. The molecule has 1 aliphatic heterocycles. The summed E-state index contributed by atoms with van der Waals surface area (Å²) < 4.78 is 53.7. The molecule has 0 saturated carbocycles. The SMILES string of the molecule is C=CC1CCC(c2ccc(-c3ccc(OCC)c(F)c3F)cc2F)OC1. The van der Waals surface area contributed by atoms with Crippen molar-refractivity contribution in [2.45, 2.75) is 25.9 Å². The van der Waals surface area contributed by atoms with E-state index in [0.717, 1.165) is 6.42 Å². The van der Waals surface area contributed by atoms with Crippen LogP contribution in [0.5, 0.6) is 5.75 Å². The van der Waals surface area contributed by atoms with Gasteiger partial charge in [0.25, 0.3) is 0 Å². The van der Waals surface area contributed by atoms with E-state index in [-0.39, 0.29) is 35.5 Å². The molecule has 5 heteroatoms. The Hall–Kier alpha value is -2.27. The fourth-order valence-electron chi connectivity index (χ4n) is 3.18. The molecule has 1 aliphatic rings. The monoisotopic (exact) mass is 362 g/mol. The Morgan fingerprint density at radius 2 is 1.96 bits per heavy atom. The molecular weight excluding hydrogens is 341 g/mol. The van der Waals surface area contributed by atoms with Gasteiger partial charge in [0, 0.05) is 17.0 Å². The van der Waals surface area contributed by atoms with Crippen LogP contribution in [-0.2, 0) is 4.74 Å². The first-order valence-electron chi connectivity index (χ1n) is 8.69. The van der Waals surface area contributed by atoms with Crippen molar-refractivity contribution in [1.29, 1.82) is 0 Å². The first-order chi connectivity index (χ1) is 12.5. The summed E-state index contributed by atoms with van der Waals surface area (Å²) in [5.74, 6) is -2.48. The van der Waals surface area contributed by atoms with Crippen LogP contribution in [0.3, 0.4) is 0 Å². The Kier molecular flexibility index (Phi) is 5.67. The molecule has 26 heavy (non-hydrogen) atoms. The summed E-state index contributed by atoms with van der Waals surface area (Å²) in [4.78, 5) is 0. The molecule has 0 radical (unpaired) electrons. The standard InChI is InChI=1S/C21H21F3O2/c1-3-13-5-9-18(26-12-13)16-7-6-14(11-17(16)22)15-8-10-19(25-4-2)21(24)20(15)23/h3,6-8,10-11,13,18H,1,4-5,9,12H2,2H3. The number of hydrogen-bond donors (Lipinski definition) is 0. The van der Waals surface area contributed by atoms with Crippen molar-refractivity contribution in [2.24, 2.45) is 5.92 Å². The summed E-state index contributed by atoms with van der Waals surface area (Å²) in [6.45, 7) is 6.17. The van der Waals surface area contributed by atoms with Crippen molar-refractivity contribution >= 4 is 0 Å². The second-order valence-corrected chi connectivity index (χ2v) is 6.30. The van der Waals surface area contributed by atoms with Crippen LogP contribution in [0.25, 0.3) is 11.1 Å². The van der Waals surface area contributed by atoms with Gasteiger partial charge in [0.1, 0.15) is 5.82 Å². The maximum atomic E-state index is 14.6. The topological polar surface area (TPSA) is 18.5 Å². The summed E-state index contributed by atoms with van der Waals surface area (Å²) >= 11 is 0. The van der Waals surface area contributed by atoms with Gasteiger partial charge in [-0.3, -0.25) is 0 Å². The number of hydrogen-bond acceptors (Lipinski definition) is 2. The minimum Gasteiger partial charge on any atom is -0.491 e. The molecule has 1 heterocycles. The largest absolute Gasteiger partial charge is 0.491 e. The van der Waals surface area contributed by atoms with Gasteiger partial charge in [-0.15, -0.1) is 6.58 Å². The highest BCUT2D eigenvalue weighted by atomic mass is 19.2. The fraction of sp³-hybridized carbons (Fsp3) is 0.333. The van der Waals surface area contributed by atoms with E-state index in [1.165, 1.54) is 18.2 Å². The highest BCUT2D eigenvalue weighted by molar-refractivity contribution is 5.66. The molecule has 1 saturated heterocycles. The molecule has 0 aromatic heterocycles. The van der Waals surface area contributed by atoms with Crippen molar-refractivity contribution < 1.29 is 22.6 Å². The van der Waals surface area contributed by atoms with Gasteiger partial charge in [-0.1, -0.05) is 18.2 Å². The predicted octanol–water partition coefficient (Wildman–Crippen LogP) is 5.82. The molecule has 0 N–H and O–H groups in total. The lowest BCUT2D eigenvalue weighted by molar-refractivity contribution is -0.00700. The minimum atomic E-state index is -1.07. The second kappa shape index (κ2) is 7.96. The van der Waals surface area contributed by atoms with E-state index >= 15 is 0 Å². The van der Waals surface area contributed by atoms with Gasteiger partial charge in [-0.05, 0) is 43.5 Å². The van der Waals surface area contributed by atoms with E-state index in [1.807, 2.05) is 6.08 Å². The van der Waals surface area contributed by atoms with Crippen molar-refractivity contribution in [3.05, 3.63) is 66.0 Å². The van der Waals surface area contributed by atoms with E-state index in [9.17, 15) is 13.2 Å². The average molecular weight is 362 g/mol. The van der Waals surface area contributed by atoms with Crippen LogP contribution in [0.1, 0.15) is 31.4 Å². The van der Waals surface area contributed by atoms with E-state index in [2.05, 4.69) is 6.58 Å². The smallest absolute Gasteiger partial charge is 0.201 e. The van der Waals surface area contributed by atoms with E-state index in [0.29, 0.717) is 18.6 Å². The lowest BCUT2D eigenvalue weighted by atomic mass is 9.93. The molecule has 138 valence electrons. The molecule has 0 amide bonds. The Bertz CT molecular complexity index is 796. The lowest BCUT2D eigenvalue weighted by Crippen LogP contribution is -2.19. The third-order valence-electron chi connectivity index (χ3n) is 4.65. The van der Waals surface area contributed by atoms with Gasteiger partial charge in [0.2, 0.25) is 5.82 Å². The Balaban J connectivity index is 1.86. The maximum Gasteiger partial charge on any atom is 0.201 e. The molecule has 2 unspecified atom stereocenters. The molecule has 2 aromatic carbocycles. The zero-order chi connectivity index (χ0) is 18.7. The van der Waals surface area contributed by atoms with Crippen LogP contribution in [0.2, 0.25) is 0 Å². The fourth-order valence-corrected chi connectivity index (χ4v) is 3.18. The number of benzene rings is 2. The van der Waals surface area contributed by atoms with Gasteiger partial charge in [-0.25, -0.2) is 8.78 Å². The van der Waals surface area contributed by atoms with Crippen molar-refractivity contribution in [2.75, 3.05) is 13.2 Å². The highest BCUT2D eigenvalue weighted by Crippen LogP contribution is 2.35. The Labute approximate surface area is 151 Å². The van der Waals surface area contributed by atoms with E-state index < -0.39 is 17.5 Å². The van der Waals surface area contributed by atoms with E-state index in [1.54, 1.807) is 19.1 Å². The Morgan fingerprint density at radius 1 is 1.15 bits per heavy atom. The van der Waals surface area contributed by atoms with Crippen molar-refractivity contribution in [3.63, 3.8) is 0 Å². The maximum absolute atomic E-state index is 14.6. The highest BCUT2D eigenvalue weighted by Gasteiger charge is 2.24. The summed E-state index contributed by atoms with van der Waals surface area (Å²) in [6.07, 6.45) is 3.09. The second-order valence-electron chi connectivity index (χ2n) is 6.30. The molecule has 2 atom stereocenters. The molecule has 2 aromatic rings. The normalized spacial score (nSPS) is 20.0. The molecule has 3 rings (SSSR count). The summed E-state index contributed by atoms with van der Waals surface area (Å²) in [6, 6.07) is 7.12. The van der Waals surface area contributed by atoms with Crippen LogP contribution >= 0.6 is 0 Å². The molecule has 2 nitrogen and oxygen atoms in total. The summed E-state index contributed by atoms with van der Waals surface area (Å²) in [5, 5.41) is 0. The first-order valence-corrected chi connectivity index (χ1v) is 8.69. The average Bonchev–Trinajstić information content (AvgIpc) is 2.66. The third kappa shape index (κ3) is 3.63. The van der Waals surface area contributed by atoms with Crippen molar-refractivity contribution in [3.8, 4) is 16.9 Å². The first kappa shape index (κ1) is 18.5. The zero-order valence-electron chi connectivity index (χ0n) is 14.6. The van der Waals surface area contributed by atoms with Crippen molar-refractivity contribution in [1.82, 2.24) is 0 Å². The van der Waals surface area contributed by atoms with Gasteiger partial charge in [-0.2, -0.15) is 4.39 Å². The molecule has 0 spiro atoms. The molecule has 1 fully saturated rings. The van der Waals surface area contributed by atoms with Gasteiger partial charge in [0.15, 0.2) is 11.6 Å². The summed E-state index contributed by atoms with van der Waals surface area (Å²) in [5.41, 5.74) is 0.696. The quantitative estimate of drug-likeness (QED) is 0.624. The van der Waals surface area contributed by atoms with Crippen LogP contribution < -0.4 is 4.74 Å². The number of halogens is 3. The zero-order valence-corrected chi connectivity index (χ0v) is 14.6. The minimum absolute atomic E-state index is 0.00677. The van der Waals surface area contributed by atoms with Crippen LogP contribution in [0.4, 0.5) is 13.2 Å². The van der Waals surface area contributed by atoms with Gasteiger partial charge >= 0.3 is 0 Å². The van der Waals surface area contributed by atoms with Gasteiger partial charge < -0.3 is 9.47 Å². The summed E-state index contributed by atoms with van der Waals surface area (Å²) in [7, 11) is 0. The van der Waals surface area contributed by atoms with Gasteiger partial charge in [0.05, 0.1) is 19.3 Å². The van der Waals surface area contributed by atoms with Crippen LogP contribution in [0, 0.1) is 23.4 Å². The Morgan fingerprint density at radius 3 is 2.58 bits per heavy atom. The number of rotatable bonds is 5. The molecular formula is C21H21F3O2. The number of ether oxygens (including phenoxy) is 2. The van der Waals surface area contributed by atoms with E-state index in [4.69, 9.17) is 9.47 Å². The molecule has 0 aliphatic carbocycles. The predicted molar refractivity (Wildman–Crippen MR) is 94.5 cm³/mol. The molecule has 0 bridgehead atoms. The van der Waals surface area contributed by atoms with Crippen LogP contribution in [-0.4, -0.2) is 13.2 Å². The van der Waals surface area contributed by atoms with Crippen LogP contribution in [0.15, 0.2) is 43.0 Å². The lowest BCUT2D eigenvalue weighted by Gasteiger charge is -2.28.